The number of benzene rings is 3. The summed E-state index contributed by atoms with van der Waals surface area (Å²) in [4.78, 5) is 3.52. The molecular formula is C28H32ClNO3S. The van der Waals surface area contributed by atoms with E-state index in [9.17, 15) is 5.11 Å². The van der Waals surface area contributed by atoms with Crippen molar-refractivity contribution in [1.29, 1.82) is 0 Å². The third-order valence-electron chi connectivity index (χ3n) is 6.88. The molecule has 3 aromatic carbocycles. The number of hydrogen-bond acceptors (Lipinski definition) is 5. The smallest absolute Gasteiger partial charge is 0.123 e. The number of hydrogen-bond donors (Lipinski definition) is 1. The van der Waals surface area contributed by atoms with Gasteiger partial charge in [-0.05, 0) is 61.3 Å². The van der Waals surface area contributed by atoms with Gasteiger partial charge in [0.25, 0.3) is 0 Å². The van der Waals surface area contributed by atoms with Gasteiger partial charge in [0.05, 0.1) is 7.11 Å². The van der Waals surface area contributed by atoms with E-state index in [2.05, 4.69) is 17.0 Å². The van der Waals surface area contributed by atoms with E-state index in [1.54, 1.807) is 18.9 Å². The highest BCUT2D eigenvalue weighted by molar-refractivity contribution is 7.99. The third kappa shape index (κ3) is 4.94. The van der Waals surface area contributed by atoms with Crippen LogP contribution in [-0.4, -0.2) is 49.1 Å². The summed E-state index contributed by atoms with van der Waals surface area (Å²) in [5.41, 5.74) is 1.81. The van der Waals surface area contributed by atoms with Crippen LogP contribution in [0, 0.1) is 0 Å². The number of methoxy groups -OCH3 is 1. The zero-order chi connectivity index (χ0) is 22.7. The highest BCUT2D eigenvalue weighted by Gasteiger charge is 2.45. The SMILES string of the molecule is COc1ccc2c(c1)SCC(c1ccccc1)C2(O)c1ccc(OCCN2CCCC2)cc1.Cl. The number of likely N-dealkylation sites (tertiary alicyclic amines) is 1. The number of ether oxygens (including phenoxy) is 2. The molecule has 1 N–H and O–H groups in total. The van der Waals surface area contributed by atoms with Gasteiger partial charge in [0.15, 0.2) is 0 Å². The lowest BCUT2D eigenvalue weighted by Gasteiger charge is -2.42. The summed E-state index contributed by atoms with van der Waals surface area (Å²) in [5, 5.41) is 12.4. The third-order valence-corrected chi connectivity index (χ3v) is 8.03. The molecule has 6 heteroatoms. The van der Waals surface area contributed by atoms with E-state index in [4.69, 9.17) is 9.47 Å². The molecule has 0 saturated carbocycles. The lowest BCUT2D eigenvalue weighted by molar-refractivity contribution is 0.0522. The lowest BCUT2D eigenvalue weighted by Crippen LogP contribution is -2.39. The predicted molar refractivity (Wildman–Crippen MR) is 141 cm³/mol. The van der Waals surface area contributed by atoms with Crippen LogP contribution in [0.2, 0.25) is 0 Å². The van der Waals surface area contributed by atoms with Crippen LogP contribution in [0.4, 0.5) is 0 Å². The molecule has 0 spiro atoms. The fourth-order valence-electron chi connectivity index (χ4n) is 5.03. The normalized spacial score (nSPS) is 22.0. The Morgan fingerprint density at radius 3 is 2.38 bits per heavy atom. The Morgan fingerprint density at radius 2 is 1.68 bits per heavy atom. The van der Waals surface area contributed by atoms with Crippen LogP contribution in [0.1, 0.15) is 35.4 Å². The van der Waals surface area contributed by atoms with Gasteiger partial charge < -0.3 is 14.6 Å². The first kappa shape index (κ1) is 24.9. The molecule has 0 radical (unpaired) electrons. The molecule has 34 heavy (non-hydrogen) atoms. The summed E-state index contributed by atoms with van der Waals surface area (Å²) >= 11 is 1.78. The van der Waals surface area contributed by atoms with Crippen molar-refractivity contribution >= 4 is 24.2 Å². The lowest BCUT2D eigenvalue weighted by atomic mass is 9.73. The van der Waals surface area contributed by atoms with E-state index in [1.165, 1.54) is 25.9 Å². The minimum atomic E-state index is -1.14. The minimum Gasteiger partial charge on any atom is -0.497 e. The first-order valence-electron chi connectivity index (χ1n) is 11.7. The van der Waals surface area contributed by atoms with Crippen molar-refractivity contribution in [1.82, 2.24) is 4.90 Å². The van der Waals surface area contributed by atoms with Gasteiger partial charge in [-0.2, -0.15) is 0 Å². The maximum absolute atomic E-state index is 12.4. The van der Waals surface area contributed by atoms with Crippen LogP contribution in [-0.2, 0) is 5.60 Å². The van der Waals surface area contributed by atoms with Crippen molar-refractivity contribution in [2.24, 2.45) is 0 Å². The van der Waals surface area contributed by atoms with Crippen molar-refractivity contribution in [3.05, 3.63) is 89.5 Å². The van der Waals surface area contributed by atoms with E-state index in [1.807, 2.05) is 60.7 Å². The average Bonchev–Trinajstić information content (AvgIpc) is 3.38. The number of fused-ring (bicyclic) bond motifs is 1. The first-order valence-corrected chi connectivity index (χ1v) is 12.7. The molecule has 180 valence electrons. The second-order valence-corrected chi connectivity index (χ2v) is 9.89. The minimum absolute atomic E-state index is 0. The van der Waals surface area contributed by atoms with Crippen LogP contribution < -0.4 is 9.47 Å². The number of halogens is 1. The van der Waals surface area contributed by atoms with Gasteiger partial charge in [0.1, 0.15) is 23.7 Å². The second-order valence-electron chi connectivity index (χ2n) is 8.82. The molecule has 2 aliphatic heterocycles. The molecule has 4 nitrogen and oxygen atoms in total. The van der Waals surface area contributed by atoms with Gasteiger partial charge in [0, 0.05) is 28.7 Å². The van der Waals surface area contributed by atoms with Crippen LogP contribution in [0.25, 0.3) is 0 Å². The standard InChI is InChI=1S/C28H31NO3S.ClH/c1-31-24-13-14-25-27(19-24)33-20-26(21-7-3-2-4-8-21)28(25,30)22-9-11-23(12-10-22)32-18-17-29-15-5-6-16-29;/h2-4,7-14,19,26,30H,5-6,15-18,20H2,1H3;1H. The Bertz CT molecular complexity index is 1070. The van der Waals surface area contributed by atoms with Crippen LogP contribution in [0.3, 0.4) is 0 Å². The number of nitrogens with zero attached hydrogens (tertiary/aromatic N) is 1. The highest BCUT2D eigenvalue weighted by atomic mass is 35.5. The molecule has 1 saturated heterocycles. The predicted octanol–water partition coefficient (Wildman–Crippen LogP) is 5.72. The molecule has 2 heterocycles. The molecule has 0 amide bonds. The Hall–Kier alpha value is -2.18. The highest BCUT2D eigenvalue weighted by Crippen LogP contribution is 2.52. The van der Waals surface area contributed by atoms with Crippen molar-refractivity contribution in [2.75, 3.05) is 39.1 Å². The fourth-order valence-corrected chi connectivity index (χ4v) is 6.39. The van der Waals surface area contributed by atoms with Gasteiger partial charge >= 0.3 is 0 Å². The molecule has 5 rings (SSSR count). The Labute approximate surface area is 212 Å². The van der Waals surface area contributed by atoms with Gasteiger partial charge in [-0.1, -0.05) is 48.5 Å². The topological polar surface area (TPSA) is 41.9 Å². The van der Waals surface area contributed by atoms with E-state index >= 15 is 0 Å². The van der Waals surface area contributed by atoms with Gasteiger partial charge in [-0.3, -0.25) is 4.90 Å². The molecular weight excluding hydrogens is 466 g/mol. The monoisotopic (exact) mass is 497 g/mol. The number of thioether (sulfide) groups is 1. The zero-order valence-electron chi connectivity index (χ0n) is 19.5. The summed E-state index contributed by atoms with van der Waals surface area (Å²) in [6.45, 7) is 4.01. The van der Waals surface area contributed by atoms with Crippen molar-refractivity contribution in [3.63, 3.8) is 0 Å². The molecule has 2 atom stereocenters. The molecule has 3 aromatic rings. The molecule has 0 bridgehead atoms. The summed E-state index contributed by atoms with van der Waals surface area (Å²) in [6, 6.07) is 24.3. The van der Waals surface area contributed by atoms with E-state index in [0.717, 1.165) is 45.4 Å². The maximum atomic E-state index is 12.4. The van der Waals surface area contributed by atoms with Crippen molar-refractivity contribution < 1.29 is 14.6 Å². The summed E-state index contributed by atoms with van der Waals surface area (Å²) in [5.74, 6) is 2.38. The fraction of sp³-hybridized carbons (Fsp3) is 0.357. The molecule has 2 aliphatic rings. The molecule has 1 fully saturated rings. The second kappa shape index (κ2) is 11.0. The maximum Gasteiger partial charge on any atom is 0.123 e. The van der Waals surface area contributed by atoms with Gasteiger partial charge in [-0.25, -0.2) is 0 Å². The van der Waals surface area contributed by atoms with Gasteiger partial charge in [0.2, 0.25) is 0 Å². The van der Waals surface area contributed by atoms with Crippen LogP contribution >= 0.6 is 24.2 Å². The summed E-state index contributed by atoms with van der Waals surface area (Å²) < 4.78 is 11.5. The van der Waals surface area contributed by atoms with E-state index < -0.39 is 5.60 Å². The largest absolute Gasteiger partial charge is 0.497 e. The number of aliphatic hydroxyl groups is 1. The van der Waals surface area contributed by atoms with Crippen LogP contribution in [0.5, 0.6) is 11.5 Å². The number of rotatable bonds is 7. The summed E-state index contributed by atoms with van der Waals surface area (Å²) in [7, 11) is 1.68. The van der Waals surface area contributed by atoms with E-state index in [-0.39, 0.29) is 18.3 Å². The van der Waals surface area contributed by atoms with E-state index in [0.29, 0.717) is 6.61 Å². The quantitative estimate of drug-likeness (QED) is 0.452. The van der Waals surface area contributed by atoms with Crippen molar-refractivity contribution in [3.8, 4) is 11.5 Å². The Morgan fingerprint density at radius 1 is 0.971 bits per heavy atom. The Balaban J connectivity index is 0.00000274. The average molecular weight is 498 g/mol. The Kier molecular flexibility index (Phi) is 8.10. The van der Waals surface area contributed by atoms with Crippen LogP contribution in [0.15, 0.2) is 77.7 Å². The summed E-state index contributed by atoms with van der Waals surface area (Å²) in [6.07, 6.45) is 2.59. The van der Waals surface area contributed by atoms with Crippen molar-refractivity contribution in [2.45, 2.75) is 29.3 Å². The molecule has 2 unspecified atom stereocenters. The zero-order valence-corrected chi connectivity index (χ0v) is 21.1. The molecule has 0 aliphatic carbocycles. The molecule has 0 aromatic heterocycles. The first-order chi connectivity index (χ1) is 16.2. The van der Waals surface area contributed by atoms with Gasteiger partial charge in [-0.15, -0.1) is 24.2 Å².